The number of hydrogen-bond donors (Lipinski definition) is 2. The molecule has 0 radical (unpaired) electrons. The van der Waals surface area contributed by atoms with Crippen molar-refractivity contribution in [2.45, 2.75) is 6.92 Å². The van der Waals surface area contributed by atoms with Crippen LogP contribution >= 0.6 is 15.9 Å². The molecule has 0 bridgehead atoms. The maximum atomic E-state index is 11.1. The van der Waals surface area contributed by atoms with Crippen LogP contribution in [0.4, 0.5) is 11.6 Å². The lowest BCUT2D eigenvalue weighted by atomic mass is 10.2. The van der Waals surface area contributed by atoms with E-state index in [1.54, 1.807) is 0 Å². The van der Waals surface area contributed by atoms with Gasteiger partial charge in [-0.2, -0.15) is 0 Å². The molecule has 2 N–H and O–H groups in total. The highest BCUT2D eigenvalue weighted by molar-refractivity contribution is 9.10. The van der Waals surface area contributed by atoms with Crippen LogP contribution in [0.3, 0.4) is 0 Å². The van der Waals surface area contributed by atoms with Crippen molar-refractivity contribution < 1.29 is 0 Å². The highest BCUT2D eigenvalue weighted by Gasteiger charge is 1.99. The van der Waals surface area contributed by atoms with Crippen LogP contribution in [-0.4, -0.2) is 9.97 Å². The minimum absolute atomic E-state index is 0.177. The summed E-state index contributed by atoms with van der Waals surface area (Å²) in [6.07, 6.45) is 1.46. The topological polar surface area (TPSA) is 57.8 Å². The number of aromatic amines is 1. The first-order valence-electron chi connectivity index (χ1n) is 4.73. The Hall–Kier alpha value is -1.62. The summed E-state index contributed by atoms with van der Waals surface area (Å²) in [4.78, 5) is 17.7. The second-order valence-corrected chi connectivity index (χ2v) is 4.34. The Balaban J connectivity index is 2.30. The Labute approximate surface area is 101 Å². The fourth-order valence-corrected chi connectivity index (χ4v) is 1.99. The predicted molar refractivity (Wildman–Crippen MR) is 67.0 cm³/mol. The molecular formula is C11H10BrN3O. The van der Waals surface area contributed by atoms with Crippen molar-refractivity contribution in [2.24, 2.45) is 0 Å². The molecule has 0 spiro atoms. The number of halogens is 1. The van der Waals surface area contributed by atoms with Crippen molar-refractivity contribution >= 4 is 27.6 Å². The first kappa shape index (κ1) is 10.9. The van der Waals surface area contributed by atoms with Crippen molar-refractivity contribution in [3.8, 4) is 0 Å². The van der Waals surface area contributed by atoms with Gasteiger partial charge in [0, 0.05) is 22.4 Å². The van der Waals surface area contributed by atoms with Gasteiger partial charge in [-0.3, -0.25) is 9.78 Å². The Morgan fingerprint density at radius 2 is 2.19 bits per heavy atom. The van der Waals surface area contributed by atoms with Gasteiger partial charge < -0.3 is 5.32 Å². The third kappa shape index (κ3) is 2.70. The number of H-pyrrole nitrogens is 1. The molecular weight excluding hydrogens is 270 g/mol. The molecule has 0 aliphatic rings. The third-order valence-corrected chi connectivity index (χ3v) is 2.43. The molecule has 0 atom stereocenters. The molecule has 0 fully saturated rings. The monoisotopic (exact) mass is 279 g/mol. The maximum Gasteiger partial charge on any atom is 0.252 e. The zero-order valence-electron chi connectivity index (χ0n) is 8.62. The molecule has 1 heterocycles. The van der Waals surface area contributed by atoms with Crippen molar-refractivity contribution in [1.82, 2.24) is 9.97 Å². The second kappa shape index (κ2) is 4.49. The van der Waals surface area contributed by atoms with E-state index in [4.69, 9.17) is 0 Å². The van der Waals surface area contributed by atoms with Crippen LogP contribution in [0.15, 0.2) is 39.7 Å². The quantitative estimate of drug-likeness (QED) is 0.889. The number of anilines is 2. The first-order chi connectivity index (χ1) is 7.63. The molecule has 2 rings (SSSR count). The predicted octanol–water partition coefficient (Wildman–Crippen LogP) is 2.58. The lowest BCUT2D eigenvalue weighted by Crippen LogP contribution is -2.08. The molecule has 5 heteroatoms. The van der Waals surface area contributed by atoms with Gasteiger partial charge in [0.2, 0.25) is 5.95 Å². The number of rotatable bonds is 2. The largest absolute Gasteiger partial charge is 0.326 e. The minimum Gasteiger partial charge on any atom is -0.326 e. The van der Waals surface area contributed by atoms with Crippen molar-refractivity contribution in [2.75, 3.05) is 5.32 Å². The van der Waals surface area contributed by atoms with Crippen LogP contribution < -0.4 is 10.9 Å². The van der Waals surface area contributed by atoms with E-state index in [1.165, 1.54) is 12.3 Å². The summed E-state index contributed by atoms with van der Waals surface area (Å²) in [6.45, 7) is 2.00. The molecule has 0 saturated carbocycles. The smallest absolute Gasteiger partial charge is 0.252 e. The molecule has 0 saturated heterocycles. The van der Waals surface area contributed by atoms with Crippen LogP contribution in [-0.2, 0) is 0 Å². The van der Waals surface area contributed by atoms with Crippen molar-refractivity contribution in [1.29, 1.82) is 0 Å². The van der Waals surface area contributed by atoms with E-state index in [2.05, 4.69) is 31.2 Å². The second-order valence-electron chi connectivity index (χ2n) is 3.42. The van der Waals surface area contributed by atoms with E-state index in [0.29, 0.717) is 5.95 Å². The standard InChI is InChI=1S/C11H10BrN3O/c1-7-4-8(12)6-9(5-7)14-11-13-3-2-10(16)15-11/h2-6H,1H3,(H2,13,14,15,16). The van der Waals surface area contributed by atoms with Crippen LogP contribution in [0, 0.1) is 6.92 Å². The van der Waals surface area contributed by atoms with E-state index in [1.807, 2.05) is 25.1 Å². The van der Waals surface area contributed by atoms with Gasteiger partial charge in [0.15, 0.2) is 0 Å². The zero-order valence-corrected chi connectivity index (χ0v) is 10.2. The van der Waals surface area contributed by atoms with Crippen LogP contribution in [0.25, 0.3) is 0 Å². The Kier molecular flexibility index (Phi) is 3.05. The molecule has 1 aromatic carbocycles. The van der Waals surface area contributed by atoms with Gasteiger partial charge in [-0.25, -0.2) is 4.98 Å². The molecule has 1 aromatic heterocycles. The van der Waals surface area contributed by atoms with Gasteiger partial charge in [-0.15, -0.1) is 0 Å². The average Bonchev–Trinajstić information content (AvgIpc) is 2.15. The van der Waals surface area contributed by atoms with Crippen molar-refractivity contribution in [3.05, 3.63) is 50.9 Å². The fourth-order valence-electron chi connectivity index (χ4n) is 1.38. The number of aromatic nitrogens is 2. The summed E-state index contributed by atoms with van der Waals surface area (Å²) in [5.74, 6) is 0.435. The summed E-state index contributed by atoms with van der Waals surface area (Å²) in [5.41, 5.74) is 1.82. The molecule has 4 nitrogen and oxygen atoms in total. The van der Waals surface area contributed by atoms with Gasteiger partial charge in [0.05, 0.1) is 0 Å². The van der Waals surface area contributed by atoms with Gasteiger partial charge in [-0.1, -0.05) is 15.9 Å². The van der Waals surface area contributed by atoms with Crippen molar-refractivity contribution in [3.63, 3.8) is 0 Å². The number of nitrogens with one attached hydrogen (secondary N) is 2. The lowest BCUT2D eigenvalue weighted by molar-refractivity contribution is 1.12. The molecule has 0 aliphatic heterocycles. The highest BCUT2D eigenvalue weighted by Crippen LogP contribution is 2.20. The van der Waals surface area contributed by atoms with Gasteiger partial charge >= 0.3 is 0 Å². The van der Waals surface area contributed by atoms with Crippen LogP contribution in [0.2, 0.25) is 0 Å². The maximum absolute atomic E-state index is 11.1. The van der Waals surface area contributed by atoms with Gasteiger partial charge in [0.25, 0.3) is 5.56 Å². The van der Waals surface area contributed by atoms with Gasteiger partial charge in [-0.05, 0) is 30.7 Å². The fraction of sp³-hybridized carbons (Fsp3) is 0.0909. The average molecular weight is 280 g/mol. The Morgan fingerprint density at radius 3 is 2.88 bits per heavy atom. The summed E-state index contributed by atoms with van der Waals surface area (Å²) < 4.78 is 0.980. The van der Waals surface area contributed by atoms with Crippen LogP contribution in [0.1, 0.15) is 5.56 Å². The molecule has 0 unspecified atom stereocenters. The van der Waals surface area contributed by atoms with E-state index >= 15 is 0 Å². The minimum atomic E-state index is -0.177. The summed E-state index contributed by atoms with van der Waals surface area (Å²) in [7, 11) is 0. The molecule has 2 aromatic rings. The first-order valence-corrected chi connectivity index (χ1v) is 5.52. The molecule has 16 heavy (non-hydrogen) atoms. The number of aryl methyl sites for hydroxylation is 1. The number of nitrogens with zero attached hydrogens (tertiary/aromatic N) is 1. The Morgan fingerprint density at radius 1 is 1.38 bits per heavy atom. The summed E-state index contributed by atoms with van der Waals surface area (Å²) in [6, 6.07) is 7.27. The zero-order chi connectivity index (χ0) is 11.5. The van der Waals surface area contributed by atoms with Crippen LogP contribution in [0.5, 0.6) is 0 Å². The lowest BCUT2D eigenvalue weighted by Gasteiger charge is -2.06. The molecule has 0 amide bonds. The highest BCUT2D eigenvalue weighted by atomic mass is 79.9. The normalized spacial score (nSPS) is 10.1. The number of benzene rings is 1. The van der Waals surface area contributed by atoms with E-state index < -0.39 is 0 Å². The molecule has 82 valence electrons. The van der Waals surface area contributed by atoms with E-state index in [-0.39, 0.29) is 5.56 Å². The summed E-state index contributed by atoms with van der Waals surface area (Å²) in [5, 5.41) is 3.03. The number of hydrogen-bond acceptors (Lipinski definition) is 3. The molecule has 0 aliphatic carbocycles. The van der Waals surface area contributed by atoms with E-state index in [9.17, 15) is 4.79 Å². The third-order valence-electron chi connectivity index (χ3n) is 1.98. The van der Waals surface area contributed by atoms with Gasteiger partial charge in [0.1, 0.15) is 0 Å². The summed E-state index contributed by atoms with van der Waals surface area (Å²) >= 11 is 3.41. The SMILES string of the molecule is Cc1cc(Br)cc(Nc2nccc(=O)[nH]2)c1. The van der Waals surface area contributed by atoms with E-state index in [0.717, 1.165) is 15.7 Å². The Bertz CT molecular complexity index is 545.